The van der Waals surface area contributed by atoms with Crippen LogP contribution >= 0.6 is 0 Å². The van der Waals surface area contributed by atoms with Gasteiger partial charge < -0.3 is 14.2 Å². The van der Waals surface area contributed by atoms with E-state index < -0.39 is 0 Å². The van der Waals surface area contributed by atoms with Gasteiger partial charge in [-0.1, -0.05) is 41.5 Å². The Morgan fingerprint density at radius 3 is 1.44 bits per heavy atom. The maximum Gasteiger partial charge on any atom is 0.161 e. The van der Waals surface area contributed by atoms with E-state index in [1.54, 1.807) is 0 Å². The minimum Gasteiger partial charge on any atom is -0.348 e. The van der Waals surface area contributed by atoms with Crippen molar-refractivity contribution in [2.24, 2.45) is 45.3 Å². The van der Waals surface area contributed by atoms with Crippen molar-refractivity contribution in [3.05, 3.63) is 0 Å². The van der Waals surface area contributed by atoms with Crippen molar-refractivity contribution in [3.63, 3.8) is 0 Å². The average molecular weight is 375 g/mol. The second kappa shape index (κ2) is 4.95. The van der Waals surface area contributed by atoms with E-state index in [9.17, 15) is 0 Å². The summed E-state index contributed by atoms with van der Waals surface area (Å²) in [6.07, 6.45) is 8.24. The molecule has 0 amide bonds. The Morgan fingerprint density at radius 2 is 1.07 bits per heavy atom. The Morgan fingerprint density at radius 1 is 0.667 bits per heavy atom. The van der Waals surface area contributed by atoms with Gasteiger partial charge in [-0.3, -0.25) is 0 Å². The molecule has 4 aliphatic carbocycles. The third-order valence-corrected chi connectivity index (χ3v) is 11.6. The highest BCUT2D eigenvalue weighted by Crippen LogP contribution is 2.72. The highest BCUT2D eigenvalue weighted by atomic mass is 16.8. The largest absolute Gasteiger partial charge is 0.348 e. The van der Waals surface area contributed by atoms with Gasteiger partial charge in [-0.15, -0.1) is 0 Å². The van der Waals surface area contributed by atoms with Gasteiger partial charge in [0.05, 0.1) is 12.2 Å². The van der Waals surface area contributed by atoms with Gasteiger partial charge in [-0.05, 0) is 71.0 Å². The van der Waals surface area contributed by atoms with Crippen LogP contribution in [0.1, 0.15) is 80.1 Å². The number of hydrogen-bond acceptors (Lipinski definition) is 3. The predicted octanol–water partition coefficient (Wildman–Crippen LogP) is 5.38. The fourth-order valence-corrected chi connectivity index (χ4v) is 9.31. The van der Waals surface area contributed by atoms with Gasteiger partial charge in [0.25, 0.3) is 0 Å². The highest BCUT2D eigenvalue weighted by molar-refractivity contribution is 5.18. The zero-order chi connectivity index (χ0) is 19.0. The lowest BCUT2D eigenvalue weighted by atomic mass is 9.70. The Balaban J connectivity index is 1.15. The van der Waals surface area contributed by atoms with Crippen molar-refractivity contribution in [3.8, 4) is 0 Å². The van der Waals surface area contributed by atoms with Crippen LogP contribution in [0.5, 0.6) is 0 Å². The van der Waals surface area contributed by atoms with Crippen molar-refractivity contribution in [1.29, 1.82) is 0 Å². The monoisotopic (exact) mass is 374 g/mol. The van der Waals surface area contributed by atoms with E-state index in [4.69, 9.17) is 14.2 Å². The van der Waals surface area contributed by atoms with E-state index in [0.717, 1.165) is 24.7 Å². The molecule has 6 rings (SSSR count). The topological polar surface area (TPSA) is 27.7 Å². The molecule has 1 unspecified atom stereocenters. The summed E-state index contributed by atoms with van der Waals surface area (Å²) in [5, 5.41) is 0. The molecule has 4 saturated carbocycles. The summed E-state index contributed by atoms with van der Waals surface area (Å²) in [5.41, 5.74) is 1.47. The van der Waals surface area contributed by atoms with Crippen molar-refractivity contribution in [2.45, 2.75) is 105 Å². The summed E-state index contributed by atoms with van der Waals surface area (Å²) >= 11 is 0. The van der Waals surface area contributed by atoms with Gasteiger partial charge in [0.15, 0.2) is 12.6 Å². The van der Waals surface area contributed by atoms with Gasteiger partial charge >= 0.3 is 0 Å². The summed E-state index contributed by atoms with van der Waals surface area (Å²) in [6, 6.07) is 0. The molecule has 152 valence electrons. The summed E-state index contributed by atoms with van der Waals surface area (Å²) in [7, 11) is 0. The quantitative estimate of drug-likeness (QED) is 0.650. The van der Waals surface area contributed by atoms with E-state index in [1.165, 1.54) is 25.7 Å². The molecule has 0 spiro atoms. The Hall–Kier alpha value is -0.120. The molecule has 3 heteroatoms. The van der Waals surface area contributed by atoms with Gasteiger partial charge in [0.2, 0.25) is 0 Å². The summed E-state index contributed by atoms with van der Waals surface area (Å²) in [6.45, 7) is 14.8. The van der Waals surface area contributed by atoms with Crippen molar-refractivity contribution in [2.75, 3.05) is 0 Å². The van der Waals surface area contributed by atoms with Crippen LogP contribution in [0.2, 0.25) is 0 Å². The molecule has 10 atom stereocenters. The number of rotatable bonds is 2. The highest BCUT2D eigenvalue weighted by Gasteiger charge is 2.71. The molecule has 27 heavy (non-hydrogen) atoms. The maximum absolute atomic E-state index is 6.58. The van der Waals surface area contributed by atoms with Crippen molar-refractivity contribution < 1.29 is 14.2 Å². The third kappa shape index (κ3) is 1.83. The standard InChI is InChI=1S/C24H38O3/c1-21(2)15-7-9-23(21,5)19-13(15)11-17(26-19)25-18-12-14-16-8-10-24(6,20(14)27-18)22(16,3)4/h13-20H,7-12H2,1-6H3/t13-,14-,15+,16+,17-,18-,19-,20?,23-,24-/m0/s1. The minimum absolute atomic E-state index is 0.0432. The Bertz CT molecular complexity index is 615. The first-order valence-electron chi connectivity index (χ1n) is 11.6. The molecule has 2 heterocycles. The molecule has 0 N–H and O–H groups in total. The lowest BCUT2D eigenvalue weighted by Gasteiger charge is -2.39. The zero-order valence-electron chi connectivity index (χ0n) is 18.1. The molecular weight excluding hydrogens is 336 g/mol. The van der Waals surface area contributed by atoms with Gasteiger partial charge in [-0.25, -0.2) is 0 Å². The number of ether oxygens (including phenoxy) is 3. The Labute approximate surface area is 164 Å². The fraction of sp³-hybridized carbons (Fsp3) is 1.00. The molecule has 0 aromatic carbocycles. The smallest absolute Gasteiger partial charge is 0.161 e. The van der Waals surface area contributed by atoms with Gasteiger partial charge in [-0.2, -0.15) is 0 Å². The first-order valence-corrected chi connectivity index (χ1v) is 11.6. The molecular formula is C24H38O3. The lowest BCUT2D eigenvalue weighted by Crippen LogP contribution is -2.39. The SMILES string of the molecule is CC1(C)[C@@H]2CC[C@@]1(C)C1O[C@H](O[C@@H]3C[C@H]4[C@H]5CC[C@@](C)([C@H]4O3)C5(C)C)C[C@H]12. The second-order valence-corrected chi connectivity index (χ2v) is 12.5. The molecule has 2 saturated heterocycles. The number of hydrogen-bond donors (Lipinski definition) is 0. The van der Waals surface area contributed by atoms with Crippen LogP contribution in [0, 0.1) is 45.3 Å². The van der Waals surface area contributed by atoms with Crippen LogP contribution in [0.3, 0.4) is 0 Å². The van der Waals surface area contributed by atoms with Crippen molar-refractivity contribution >= 4 is 0 Å². The lowest BCUT2D eigenvalue weighted by molar-refractivity contribution is -0.252. The minimum atomic E-state index is -0.0432. The van der Waals surface area contributed by atoms with E-state index in [1.807, 2.05) is 0 Å². The molecule has 4 bridgehead atoms. The van der Waals surface area contributed by atoms with Crippen LogP contribution in [0.25, 0.3) is 0 Å². The molecule has 0 aromatic rings. The van der Waals surface area contributed by atoms with Crippen LogP contribution in [-0.4, -0.2) is 24.8 Å². The van der Waals surface area contributed by atoms with E-state index in [0.29, 0.717) is 45.7 Å². The van der Waals surface area contributed by atoms with Crippen LogP contribution in [0.15, 0.2) is 0 Å². The second-order valence-electron chi connectivity index (χ2n) is 12.5. The van der Waals surface area contributed by atoms with E-state index >= 15 is 0 Å². The van der Waals surface area contributed by atoms with Crippen LogP contribution in [0.4, 0.5) is 0 Å². The molecule has 0 aromatic heterocycles. The number of fused-ring (bicyclic) bond motifs is 10. The normalized spacial score (nSPS) is 61.6. The van der Waals surface area contributed by atoms with Crippen LogP contribution < -0.4 is 0 Å². The van der Waals surface area contributed by atoms with Crippen molar-refractivity contribution in [1.82, 2.24) is 0 Å². The molecule has 6 aliphatic rings. The predicted molar refractivity (Wildman–Crippen MR) is 104 cm³/mol. The van der Waals surface area contributed by atoms with Crippen LogP contribution in [-0.2, 0) is 14.2 Å². The molecule has 3 nitrogen and oxygen atoms in total. The zero-order valence-corrected chi connectivity index (χ0v) is 18.1. The Kier molecular flexibility index (Phi) is 3.25. The van der Waals surface area contributed by atoms with Gasteiger partial charge in [0.1, 0.15) is 0 Å². The van der Waals surface area contributed by atoms with E-state index in [-0.39, 0.29) is 12.6 Å². The maximum atomic E-state index is 6.58. The summed E-state index contributed by atoms with van der Waals surface area (Å²) in [4.78, 5) is 0. The summed E-state index contributed by atoms with van der Waals surface area (Å²) in [5.74, 6) is 3.00. The van der Waals surface area contributed by atoms with Gasteiger partial charge in [0, 0.05) is 12.8 Å². The molecule has 2 aliphatic heterocycles. The summed E-state index contributed by atoms with van der Waals surface area (Å²) < 4.78 is 19.6. The average Bonchev–Trinajstić information content (AvgIpc) is 3.33. The first-order chi connectivity index (χ1) is 12.6. The first kappa shape index (κ1) is 17.7. The molecule has 0 radical (unpaired) electrons. The molecule has 6 fully saturated rings. The van der Waals surface area contributed by atoms with E-state index in [2.05, 4.69) is 41.5 Å². The fourth-order valence-electron chi connectivity index (χ4n) is 9.31. The third-order valence-electron chi connectivity index (χ3n) is 11.6.